The number of nitrogens with one attached hydrogen (secondary N) is 1. The Hall–Kier alpha value is -4.26. The van der Waals surface area contributed by atoms with Gasteiger partial charge in [0.05, 0.1) is 31.3 Å². The Bertz CT molecular complexity index is 1640. The molecule has 3 aromatic rings. The van der Waals surface area contributed by atoms with E-state index in [0.29, 0.717) is 21.7 Å². The number of fused-ring (bicyclic) bond motifs is 1. The van der Waals surface area contributed by atoms with E-state index in [0.717, 1.165) is 0 Å². The summed E-state index contributed by atoms with van der Waals surface area (Å²) in [4.78, 5) is 35.9. The lowest BCUT2D eigenvalue weighted by Crippen LogP contribution is -2.56. The molecule has 2 saturated heterocycles. The third kappa shape index (κ3) is 6.12. The SMILES string of the molecule is COc1ncc(-c2cc(CN3CCC(C(F)(F)F)C3)c3c(N)ncnn23)cc1C(=O)N[C@@H]1CN(C(=O)C(C)(O)C(F)(F)F)C[C@@H]1F. The van der Waals surface area contributed by atoms with Crippen LogP contribution in [-0.2, 0) is 11.3 Å². The maximum Gasteiger partial charge on any atom is 0.426 e. The van der Waals surface area contributed by atoms with Gasteiger partial charge in [-0.25, -0.2) is 18.9 Å². The molecule has 2 aliphatic heterocycles. The third-order valence-corrected chi connectivity index (χ3v) is 8.20. The van der Waals surface area contributed by atoms with Crippen LogP contribution in [0, 0.1) is 5.92 Å². The number of hydrogen-bond donors (Lipinski definition) is 3. The van der Waals surface area contributed by atoms with E-state index >= 15 is 0 Å². The summed E-state index contributed by atoms with van der Waals surface area (Å²) in [5, 5.41) is 16.3. The summed E-state index contributed by atoms with van der Waals surface area (Å²) in [7, 11) is 1.22. The summed E-state index contributed by atoms with van der Waals surface area (Å²) >= 11 is 0. The zero-order valence-corrected chi connectivity index (χ0v) is 24.4. The number of aromatic nitrogens is 4. The number of anilines is 1. The average molecular weight is 663 g/mol. The number of amides is 2. The Morgan fingerprint density at radius 2 is 1.85 bits per heavy atom. The molecular weight excluding hydrogens is 633 g/mol. The van der Waals surface area contributed by atoms with Gasteiger partial charge < -0.3 is 25.8 Å². The lowest BCUT2D eigenvalue weighted by Gasteiger charge is -2.29. The molecule has 12 nitrogen and oxygen atoms in total. The molecule has 0 radical (unpaired) electrons. The van der Waals surface area contributed by atoms with Gasteiger partial charge in [-0.2, -0.15) is 31.4 Å². The van der Waals surface area contributed by atoms with E-state index in [2.05, 4.69) is 20.4 Å². The third-order valence-electron chi connectivity index (χ3n) is 8.20. The van der Waals surface area contributed by atoms with Crippen molar-refractivity contribution in [1.29, 1.82) is 0 Å². The van der Waals surface area contributed by atoms with Crippen molar-refractivity contribution in [2.45, 2.75) is 50.1 Å². The monoisotopic (exact) mass is 662 g/mol. The first-order chi connectivity index (χ1) is 21.4. The highest BCUT2D eigenvalue weighted by atomic mass is 19.4. The second-order valence-corrected chi connectivity index (χ2v) is 11.4. The highest BCUT2D eigenvalue weighted by Gasteiger charge is 2.58. The van der Waals surface area contributed by atoms with Gasteiger partial charge in [0.2, 0.25) is 11.5 Å². The number of carbonyl (C=O) groups excluding carboxylic acids is 2. The number of rotatable bonds is 7. The molecular formula is C27H29F7N8O4. The van der Waals surface area contributed by atoms with Crippen molar-refractivity contribution < 1.29 is 50.2 Å². The minimum absolute atomic E-state index is 0.0523. The number of carbonyl (C=O) groups is 2. The smallest absolute Gasteiger partial charge is 0.426 e. The van der Waals surface area contributed by atoms with E-state index in [9.17, 15) is 45.4 Å². The van der Waals surface area contributed by atoms with Crippen LogP contribution < -0.4 is 15.8 Å². The van der Waals surface area contributed by atoms with Crippen LogP contribution in [0.15, 0.2) is 24.7 Å². The van der Waals surface area contributed by atoms with E-state index in [4.69, 9.17) is 10.5 Å². The number of nitrogens with zero attached hydrogens (tertiary/aromatic N) is 6. The zero-order valence-electron chi connectivity index (χ0n) is 24.4. The van der Waals surface area contributed by atoms with E-state index in [1.165, 1.54) is 30.2 Å². The van der Waals surface area contributed by atoms with Crippen molar-refractivity contribution >= 4 is 23.1 Å². The molecule has 0 aliphatic carbocycles. The number of ether oxygens (including phenoxy) is 1. The molecule has 0 spiro atoms. The van der Waals surface area contributed by atoms with Crippen LogP contribution >= 0.6 is 0 Å². The van der Waals surface area contributed by atoms with Crippen LogP contribution in [0.2, 0.25) is 0 Å². The topological polar surface area (TPSA) is 151 Å². The molecule has 4 atom stereocenters. The summed E-state index contributed by atoms with van der Waals surface area (Å²) in [5.74, 6) is -4.29. The Labute approximate surface area is 256 Å². The number of nitrogens with two attached hydrogens (primary N) is 1. The average Bonchev–Trinajstić information content (AvgIpc) is 3.70. The van der Waals surface area contributed by atoms with Gasteiger partial charge in [0.15, 0.2) is 5.82 Å². The Balaban J connectivity index is 1.41. The first-order valence-electron chi connectivity index (χ1n) is 13.9. The van der Waals surface area contributed by atoms with Crippen molar-refractivity contribution in [2.24, 2.45) is 5.92 Å². The number of aliphatic hydroxyl groups is 1. The fraction of sp³-hybridized carbons (Fsp3) is 0.519. The summed E-state index contributed by atoms with van der Waals surface area (Å²) in [6.07, 6.45) is -9.15. The van der Waals surface area contributed by atoms with E-state index < -0.39 is 61.0 Å². The van der Waals surface area contributed by atoms with E-state index in [-0.39, 0.29) is 55.8 Å². The fourth-order valence-corrected chi connectivity index (χ4v) is 5.61. The van der Waals surface area contributed by atoms with Crippen molar-refractivity contribution in [3.05, 3.63) is 35.8 Å². The van der Waals surface area contributed by atoms with Crippen molar-refractivity contribution in [1.82, 2.24) is 34.7 Å². The van der Waals surface area contributed by atoms with Gasteiger partial charge in [-0.1, -0.05) is 0 Å². The van der Waals surface area contributed by atoms with E-state index in [1.807, 2.05) is 0 Å². The van der Waals surface area contributed by atoms with Crippen molar-refractivity contribution in [2.75, 3.05) is 39.0 Å². The molecule has 2 amide bonds. The molecule has 2 aliphatic rings. The molecule has 5 heterocycles. The fourth-order valence-electron chi connectivity index (χ4n) is 5.61. The van der Waals surface area contributed by atoms with Gasteiger partial charge in [-0.05, 0) is 37.6 Å². The largest absolute Gasteiger partial charge is 0.480 e. The van der Waals surface area contributed by atoms with Gasteiger partial charge in [0.25, 0.3) is 11.8 Å². The van der Waals surface area contributed by atoms with Gasteiger partial charge in [0, 0.05) is 31.4 Å². The molecule has 3 aromatic heterocycles. The number of hydrogen-bond acceptors (Lipinski definition) is 9. The van der Waals surface area contributed by atoms with Gasteiger partial charge in [0.1, 0.15) is 23.6 Å². The Morgan fingerprint density at radius 3 is 2.48 bits per heavy atom. The zero-order chi connectivity index (χ0) is 33.8. The molecule has 5 rings (SSSR count). The quantitative estimate of drug-likeness (QED) is 0.324. The summed E-state index contributed by atoms with van der Waals surface area (Å²) in [5.41, 5.74) is 3.63. The molecule has 2 unspecified atom stereocenters. The highest BCUT2D eigenvalue weighted by molar-refractivity contribution is 5.98. The minimum atomic E-state index is -5.31. The molecule has 2 fully saturated rings. The molecule has 0 saturated carbocycles. The lowest BCUT2D eigenvalue weighted by atomic mass is 10.1. The number of alkyl halides is 7. The Morgan fingerprint density at radius 1 is 1.13 bits per heavy atom. The maximum absolute atomic E-state index is 14.8. The highest BCUT2D eigenvalue weighted by Crippen LogP contribution is 2.36. The summed E-state index contributed by atoms with van der Waals surface area (Å²) < 4.78 is 101. The normalized spacial score (nSPS) is 22.3. The summed E-state index contributed by atoms with van der Waals surface area (Å²) in [6.45, 7) is -1.09. The predicted octanol–water partition coefficient (Wildman–Crippen LogP) is 2.36. The van der Waals surface area contributed by atoms with Crippen LogP contribution in [0.25, 0.3) is 16.8 Å². The second kappa shape index (κ2) is 11.8. The second-order valence-electron chi connectivity index (χ2n) is 11.4. The maximum atomic E-state index is 14.8. The van der Waals surface area contributed by atoms with Gasteiger partial charge >= 0.3 is 12.4 Å². The lowest BCUT2D eigenvalue weighted by molar-refractivity contribution is -0.249. The molecule has 46 heavy (non-hydrogen) atoms. The molecule has 0 aromatic carbocycles. The van der Waals surface area contributed by atoms with Crippen molar-refractivity contribution in [3.8, 4) is 17.1 Å². The van der Waals surface area contributed by atoms with Crippen LogP contribution in [-0.4, -0.2) is 110 Å². The minimum Gasteiger partial charge on any atom is -0.480 e. The molecule has 4 N–H and O–H groups in total. The first-order valence-corrected chi connectivity index (χ1v) is 13.9. The van der Waals surface area contributed by atoms with E-state index in [1.54, 1.807) is 11.0 Å². The van der Waals surface area contributed by atoms with Crippen LogP contribution in [0.3, 0.4) is 0 Å². The first kappa shape index (κ1) is 33.1. The number of nitrogen functional groups attached to an aromatic ring is 1. The number of likely N-dealkylation sites (tertiary alicyclic amines) is 2. The molecule has 250 valence electrons. The molecule has 19 heteroatoms. The predicted molar refractivity (Wildman–Crippen MR) is 146 cm³/mol. The summed E-state index contributed by atoms with van der Waals surface area (Å²) in [6, 6.07) is 1.53. The van der Waals surface area contributed by atoms with Gasteiger partial charge in [-0.15, -0.1) is 0 Å². The van der Waals surface area contributed by atoms with Crippen LogP contribution in [0.5, 0.6) is 5.88 Å². The van der Waals surface area contributed by atoms with Crippen LogP contribution in [0.4, 0.5) is 36.6 Å². The molecule has 0 bridgehead atoms. The Kier molecular flexibility index (Phi) is 8.52. The standard InChI is InChI=1S/C27H29F7N8O4/c1-25(45,27(32,33)34)24(44)41-10-17(28)18(11-41)39-22(43)16-5-13(7-36-23(16)46-2)19-6-14(20-21(35)37-12-38-42(19)20)8-40-4-3-15(9-40)26(29,30)31/h5-7,12,15,17-18,45H,3-4,8-11H2,1-2H3,(H,39,43)(H2,35,37,38)/t15?,17-,18+,25?/m0/s1. The number of pyridine rings is 1. The number of methoxy groups -OCH3 is 1. The van der Waals surface area contributed by atoms with Crippen molar-refractivity contribution in [3.63, 3.8) is 0 Å². The number of halogens is 7. The van der Waals surface area contributed by atoms with Crippen LogP contribution in [0.1, 0.15) is 29.3 Å². The van der Waals surface area contributed by atoms with Gasteiger partial charge in [-0.3, -0.25) is 14.5 Å².